The predicted octanol–water partition coefficient (Wildman–Crippen LogP) is 2.24. The number of benzene rings is 1. The van der Waals surface area contributed by atoms with Crippen LogP contribution in [-0.2, 0) is 28.4 Å². The van der Waals surface area contributed by atoms with Gasteiger partial charge in [0.15, 0.2) is 0 Å². The summed E-state index contributed by atoms with van der Waals surface area (Å²) in [5.74, 6) is 0.0951. The van der Waals surface area contributed by atoms with Gasteiger partial charge in [-0.25, -0.2) is 22.8 Å². The summed E-state index contributed by atoms with van der Waals surface area (Å²) in [4.78, 5) is 10.2. The van der Waals surface area contributed by atoms with Crippen LogP contribution in [0.3, 0.4) is 0 Å². The number of ether oxygens (including phenoxy) is 1. The van der Waals surface area contributed by atoms with Crippen molar-refractivity contribution < 1.29 is 17.5 Å². The number of pyridine rings is 1. The molecule has 0 saturated heterocycles. The van der Waals surface area contributed by atoms with Crippen LogP contribution >= 0.6 is 0 Å². The molecule has 0 N–H and O–H groups in total. The molecule has 0 unspecified atom stereocenters. The lowest BCUT2D eigenvalue weighted by atomic mass is 10.2. The number of sulfonamides is 1. The molecular formula is C18H22FN5O3S. The van der Waals surface area contributed by atoms with Gasteiger partial charge in [0.1, 0.15) is 23.9 Å². The summed E-state index contributed by atoms with van der Waals surface area (Å²) < 4.78 is 46.3. The van der Waals surface area contributed by atoms with E-state index in [1.54, 1.807) is 36.6 Å². The van der Waals surface area contributed by atoms with E-state index in [4.69, 9.17) is 4.74 Å². The maximum Gasteiger partial charge on any atom is 0.213 e. The fraction of sp³-hybridized carbons (Fsp3) is 0.333. The minimum Gasteiger partial charge on any atom is -0.368 e. The Morgan fingerprint density at radius 3 is 2.64 bits per heavy atom. The molecule has 3 rings (SSSR count). The molecule has 0 saturated carbocycles. The van der Waals surface area contributed by atoms with Crippen LogP contribution in [0.15, 0.2) is 36.8 Å². The van der Waals surface area contributed by atoms with Crippen molar-refractivity contribution in [3.8, 4) is 0 Å². The number of aromatic nitrogens is 3. The highest BCUT2D eigenvalue weighted by Crippen LogP contribution is 2.27. The third-order valence-corrected chi connectivity index (χ3v) is 5.59. The molecule has 2 aromatic heterocycles. The van der Waals surface area contributed by atoms with Crippen LogP contribution in [0.25, 0.3) is 11.0 Å². The average molecular weight is 407 g/mol. The normalized spacial score (nSPS) is 12.1. The molecular weight excluding hydrogens is 385 g/mol. The minimum atomic E-state index is -3.47. The van der Waals surface area contributed by atoms with E-state index in [2.05, 4.69) is 9.97 Å². The van der Waals surface area contributed by atoms with Gasteiger partial charge < -0.3 is 14.2 Å². The first kappa shape index (κ1) is 20.2. The Bertz CT molecular complexity index is 1100. The van der Waals surface area contributed by atoms with Gasteiger partial charge in [-0.05, 0) is 17.7 Å². The molecule has 3 aromatic rings. The zero-order valence-corrected chi connectivity index (χ0v) is 16.9. The van der Waals surface area contributed by atoms with Crippen molar-refractivity contribution in [3.05, 3.63) is 48.2 Å². The van der Waals surface area contributed by atoms with Crippen LogP contribution in [0, 0.1) is 5.82 Å². The topological polar surface area (TPSA) is 80.6 Å². The van der Waals surface area contributed by atoms with Crippen LogP contribution in [0.4, 0.5) is 15.9 Å². The number of fused-ring (bicyclic) bond motifs is 1. The smallest absolute Gasteiger partial charge is 0.213 e. The summed E-state index contributed by atoms with van der Waals surface area (Å²) in [7, 11) is 1.53. The Balaban J connectivity index is 1.87. The SMILES string of the molecule is COCN(Cc1ccc(N(C)c2cc3c(cn2)ncn3C)c(F)c1)S(C)(=O)=O. The summed E-state index contributed by atoms with van der Waals surface area (Å²) in [6, 6.07) is 6.44. The van der Waals surface area contributed by atoms with E-state index >= 15 is 0 Å². The van der Waals surface area contributed by atoms with Crippen molar-refractivity contribution >= 4 is 32.6 Å². The van der Waals surface area contributed by atoms with Crippen LogP contribution in [-0.4, -0.2) is 54.4 Å². The van der Waals surface area contributed by atoms with E-state index in [1.807, 2.05) is 17.7 Å². The van der Waals surface area contributed by atoms with Crippen LogP contribution in [0.5, 0.6) is 0 Å². The Morgan fingerprint density at radius 2 is 2.00 bits per heavy atom. The van der Waals surface area contributed by atoms with Gasteiger partial charge in [-0.1, -0.05) is 6.07 Å². The molecule has 1 aromatic carbocycles. The molecule has 0 aliphatic heterocycles. The Hall–Kier alpha value is -2.56. The second-order valence-electron chi connectivity index (χ2n) is 6.52. The minimum absolute atomic E-state index is 0.0207. The lowest BCUT2D eigenvalue weighted by molar-refractivity contribution is 0.114. The highest BCUT2D eigenvalue weighted by atomic mass is 32.2. The maximum absolute atomic E-state index is 14.8. The van der Waals surface area contributed by atoms with Crippen molar-refractivity contribution in [3.63, 3.8) is 0 Å². The highest BCUT2D eigenvalue weighted by molar-refractivity contribution is 7.88. The number of halogens is 1. The van der Waals surface area contributed by atoms with Crippen LogP contribution in [0.1, 0.15) is 5.56 Å². The van der Waals surface area contributed by atoms with Gasteiger partial charge in [0.05, 0.1) is 30.0 Å². The summed E-state index contributed by atoms with van der Waals surface area (Å²) >= 11 is 0. The van der Waals surface area contributed by atoms with Crippen molar-refractivity contribution in [2.24, 2.45) is 7.05 Å². The van der Waals surface area contributed by atoms with E-state index in [1.165, 1.54) is 13.2 Å². The summed E-state index contributed by atoms with van der Waals surface area (Å²) in [6.07, 6.45) is 4.42. The van der Waals surface area contributed by atoms with Gasteiger partial charge in [0.25, 0.3) is 0 Å². The average Bonchev–Trinajstić information content (AvgIpc) is 3.01. The first-order valence-corrected chi connectivity index (χ1v) is 10.3. The number of aryl methyl sites for hydroxylation is 1. The van der Waals surface area contributed by atoms with Gasteiger partial charge in [-0.15, -0.1) is 0 Å². The molecule has 28 heavy (non-hydrogen) atoms. The van der Waals surface area contributed by atoms with Crippen LogP contribution in [0.2, 0.25) is 0 Å². The molecule has 0 radical (unpaired) electrons. The number of methoxy groups -OCH3 is 1. The number of nitrogens with zero attached hydrogens (tertiary/aromatic N) is 5. The molecule has 8 nitrogen and oxygen atoms in total. The largest absolute Gasteiger partial charge is 0.368 e. The predicted molar refractivity (Wildman–Crippen MR) is 105 cm³/mol. The lowest BCUT2D eigenvalue weighted by Crippen LogP contribution is -2.31. The van der Waals surface area contributed by atoms with Crippen molar-refractivity contribution in [2.45, 2.75) is 6.54 Å². The fourth-order valence-electron chi connectivity index (χ4n) is 2.85. The van der Waals surface area contributed by atoms with Gasteiger partial charge in [0.2, 0.25) is 10.0 Å². The molecule has 0 bridgehead atoms. The molecule has 0 aliphatic carbocycles. The van der Waals surface area contributed by atoms with Crippen molar-refractivity contribution in [2.75, 3.05) is 32.0 Å². The number of hydrogen-bond donors (Lipinski definition) is 0. The molecule has 2 heterocycles. The molecule has 0 amide bonds. The molecule has 0 atom stereocenters. The first-order chi connectivity index (χ1) is 13.2. The monoisotopic (exact) mass is 407 g/mol. The van der Waals surface area contributed by atoms with Gasteiger partial charge in [-0.3, -0.25) is 0 Å². The standard InChI is InChI=1S/C18H22FN5O3S/c1-22-11-21-15-9-20-18(8-17(15)22)23(2)16-6-5-13(7-14(16)19)10-24(12-27-3)28(4,25)26/h5-9,11H,10,12H2,1-4H3. The number of imidazole rings is 1. The fourth-order valence-corrected chi connectivity index (χ4v) is 3.53. The van der Waals surface area contributed by atoms with E-state index in [-0.39, 0.29) is 13.3 Å². The van der Waals surface area contributed by atoms with Gasteiger partial charge in [0, 0.05) is 33.8 Å². The zero-order valence-electron chi connectivity index (χ0n) is 16.1. The van der Waals surface area contributed by atoms with E-state index < -0.39 is 15.8 Å². The van der Waals surface area contributed by atoms with Gasteiger partial charge >= 0.3 is 0 Å². The second kappa shape index (κ2) is 7.82. The lowest BCUT2D eigenvalue weighted by Gasteiger charge is -2.21. The molecule has 10 heteroatoms. The maximum atomic E-state index is 14.8. The highest BCUT2D eigenvalue weighted by Gasteiger charge is 2.18. The first-order valence-electron chi connectivity index (χ1n) is 8.44. The number of anilines is 2. The van der Waals surface area contributed by atoms with E-state index in [0.29, 0.717) is 17.1 Å². The second-order valence-corrected chi connectivity index (χ2v) is 8.50. The Kier molecular flexibility index (Phi) is 5.64. The molecule has 0 spiro atoms. The van der Waals surface area contributed by atoms with Gasteiger partial charge in [-0.2, -0.15) is 4.31 Å². The Labute approximate surface area is 163 Å². The van der Waals surface area contributed by atoms with Crippen molar-refractivity contribution in [1.29, 1.82) is 0 Å². The zero-order chi connectivity index (χ0) is 20.5. The van der Waals surface area contributed by atoms with E-state index in [9.17, 15) is 12.8 Å². The quantitative estimate of drug-likeness (QED) is 0.559. The molecule has 0 fully saturated rings. The van der Waals surface area contributed by atoms with E-state index in [0.717, 1.165) is 21.6 Å². The Morgan fingerprint density at radius 1 is 1.25 bits per heavy atom. The summed E-state index contributed by atoms with van der Waals surface area (Å²) in [5.41, 5.74) is 2.49. The summed E-state index contributed by atoms with van der Waals surface area (Å²) in [6.45, 7) is -0.0798. The molecule has 0 aliphatic rings. The number of rotatable bonds is 7. The number of hydrogen-bond acceptors (Lipinski definition) is 6. The molecule has 150 valence electrons. The van der Waals surface area contributed by atoms with Crippen LogP contribution < -0.4 is 4.90 Å². The summed E-state index contributed by atoms with van der Waals surface area (Å²) in [5, 5.41) is 0. The van der Waals surface area contributed by atoms with Crippen molar-refractivity contribution in [1.82, 2.24) is 18.8 Å². The third-order valence-electron chi connectivity index (χ3n) is 4.42. The third kappa shape index (κ3) is 4.13.